The Kier molecular flexibility index (Phi) is 5.88. The summed E-state index contributed by atoms with van der Waals surface area (Å²) in [6.45, 7) is 4.07. The molecule has 0 aliphatic carbocycles. The highest BCUT2D eigenvalue weighted by Gasteiger charge is 2.28. The lowest BCUT2D eigenvalue weighted by molar-refractivity contribution is 0.104. The van der Waals surface area contributed by atoms with Crippen molar-refractivity contribution in [1.29, 1.82) is 0 Å². The van der Waals surface area contributed by atoms with Gasteiger partial charge in [-0.1, -0.05) is 30.3 Å². The number of nitrogens with zero attached hydrogens (tertiary/aromatic N) is 3. The van der Waals surface area contributed by atoms with Gasteiger partial charge in [-0.25, -0.2) is 4.79 Å². The van der Waals surface area contributed by atoms with Crippen LogP contribution in [0.4, 0.5) is 4.79 Å². The number of likely N-dealkylation sites (tertiary alicyclic amines) is 1. The molecule has 2 N–H and O–H groups in total. The Balaban J connectivity index is 1.21. The van der Waals surface area contributed by atoms with E-state index in [1.165, 1.54) is 11.1 Å². The number of hydrogen-bond donors (Lipinski definition) is 2. The molecule has 6 nitrogen and oxygen atoms in total. The second-order valence-corrected chi connectivity index (χ2v) is 7.78. The van der Waals surface area contributed by atoms with Crippen LogP contribution in [0, 0.1) is 0 Å². The molecule has 1 aromatic carbocycles. The van der Waals surface area contributed by atoms with Crippen LogP contribution < -0.4 is 5.32 Å². The number of aliphatic hydroxyl groups is 1. The maximum absolute atomic E-state index is 12.5. The molecule has 148 valence electrons. The second kappa shape index (κ2) is 8.71. The summed E-state index contributed by atoms with van der Waals surface area (Å²) >= 11 is 0. The standard InChI is InChI=1S/C22H28N4O2/c27-20(16-25-11-8-17-5-1-2-6-18(17)14-25)13-24-22(28)26-12-9-19(15-26)21-7-3-4-10-23-21/h1-7,10,19-20,27H,8-9,11-16H2,(H,24,28)/t19?,20-/m0/s1. The van der Waals surface area contributed by atoms with Gasteiger partial charge in [-0.3, -0.25) is 9.88 Å². The normalized spacial score (nSPS) is 20.6. The van der Waals surface area contributed by atoms with Gasteiger partial charge in [-0.05, 0) is 36.1 Å². The van der Waals surface area contributed by atoms with Crippen molar-refractivity contribution in [2.24, 2.45) is 0 Å². The van der Waals surface area contributed by atoms with Crippen LogP contribution in [0.2, 0.25) is 0 Å². The molecule has 2 aromatic rings. The van der Waals surface area contributed by atoms with Crippen LogP contribution in [0.15, 0.2) is 48.7 Å². The van der Waals surface area contributed by atoms with Gasteiger partial charge in [-0.15, -0.1) is 0 Å². The van der Waals surface area contributed by atoms with E-state index < -0.39 is 6.10 Å². The minimum atomic E-state index is -0.566. The molecule has 4 rings (SSSR count). The first kappa shape index (κ1) is 18.9. The van der Waals surface area contributed by atoms with Gasteiger partial charge >= 0.3 is 6.03 Å². The summed E-state index contributed by atoms with van der Waals surface area (Å²) < 4.78 is 0. The molecule has 28 heavy (non-hydrogen) atoms. The zero-order chi connectivity index (χ0) is 19.3. The molecule has 1 unspecified atom stereocenters. The summed E-state index contributed by atoms with van der Waals surface area (Å²) in [5.74, 6) is 0.297. The number of aromatic nitrogens is 1. The van der Waals surface area contributed by atoms with E-state index in [1.54, 1.807) is 6.20 Å². The fraction of sp³-hybridized carbons (Fsp3) is 0.455. The van der Waals surface area contributed by atoms with Crippen LogP contribution >= 0.6 is 0 Å². The molecule has 2 aliphatic rings. The van der Waals surface area contributed by atoms with E-state index in [-0.39, 0.29) is 12.6 Å². The zero-order valence-electron chi connectivity index (χ0n) is 16.1. The van der Waals surface area contributed by atoms with Crippen LogP contribution in [0.25, 0.3) is 0 Å². The molecule has 0 radical (unpaired) electrons. The van der Waals surface area contributed by atoms with Crippen molar-refractivity contribution < 1.29 is 9.90 Å². The average Bonchev–Trinajstić information content (AvgIpc) is 3.23. The average molecular weight is 380 g/mol. The Labute approximate surface area is 166 Å². The third-order valence-corrected chi connectivity index (χ3v) is 5.75. The maximum atomic E-state index is 12.5. The number of nitrogens with one attached hydrogen (secondary N) is 1. The number of aliphatic hydroxyl groups excluding tert-OH is 1. The van der Waals surface area contributed by atoms with Crippen LogP contribution in [-0.2, 0) is 13.0 Å². The SMILES string of the molecule is O=C(NC[C@H](O)CN1CCc2ccccc2C1)N1CCC(c2ccccn2)C1. The number of fused-ring (bicyclic) bond motifs is 1. The van der Waals surface area contributed by atoms with Crippen molar-refractivity contribution in [2.75, 3.05) is 32.7 Å². The van der Waals surface area contributed by atoms with E-state index in [9.17, 15) is 9.90 Å². The molecule has 0 spiro atoms. The van der Waals surface area contributed by atoms with E-state index >= 15 is 0 Å². The van der Waals surface area contributed by atoms with Gasteiger partial charge in [0.05, 0.1) is 6.10 Å². The number of β-amino-alcohol motifs (C(OH)–C–C–N with tert-alkyl or cyclic N) is 1. The molecule has 2 atom stereocenters. The van der Waals surface area contributed by atoms with Gasteiger partial charge in [0, 0.05) is 57.1 Å². The molecular formula is C22H28N4O2. The minimum Gasteiger partial charge on any atom is -0.390 e. The molecule has 3 heterocycles. The number of urea groups is 1. The zero-order valence-corrected chi connectivity index (χ0v) is 16.1. The van der Waals surface area contributed by atoms with E-state index in [0.717, 1.165) is 38.2 Å². The van der Waals surface area contributed by atoms with Crippen molar-refractivity contribution in [3.8, 4) is 0 Å². The smallest absolute Gasteiger partial charge is 0.317 e. The van der Waals surface area contributed by atoms with E-state index in [4.69, 9.17) is 0 Å². The number of hydrogen-bond acceptors (Lipinski definition) is 4. The number of carbonyl (C=O) groups is 1. The van der Waals surface area contributed by atoms with Crippen molar-refractivity contribution in [1.82, 2.24) is 20.1 Å². The van der Waals surface area contributed by atoms with E-state index in [1.807, 2.05) is 23.1 Å². The Bertz CT molecular complexity index is 798. The van der Waals surface area contributed by atoms with Gasteiger partial charge < -0.3 is 15.3 Å². The number of rotatable bonds is 5. The third kappa shape index (κ3) is 4.51. The summed E-state index contributed by atoms with van der Waals surface area (Å²) in [6, 6.07) is 14.3. The Morgan fingerprint density at radius 3 is 2.82 bits per heavy atom. The fourth-order valence-corrected chi connectivity index (χ4v) is 4.19. The molecule has 2 aliphatic heterocycles. The van der Waals surface area contributed by atoms with Gasteiger partial charge in [0.25, 0.3) is 0 Å². The first-order valence-corrected chi connectivity index (χ1v) is 10.1. The van der Waals surface area contributed by atoms with Crippen LogP contribution in [0.1, 0.15) is 29.2 Å². The van der Waals surface area contributed by atoms with Crippen molar-refractivity contribution in [3.05, 3.63) is 65.5 Å². The second-order valence-electron chi connectivity index (χ2n) is 7.78. The predicted molar refractivity (Wildman–Crippen MR) is 108 cm³/mol. The first-order valence-electron chi connectivity index (χ1n) is 10.1. The minimum absolute atomic E-state index is 0.0959. The van der Waals surface area contributed by atoms with Gasteiger partial charge in [0.15, 0.2) is 0 Å². The number of carbonyl (C=O) groups excluding carboxylic acids is 1. The molecule has 0 saturated carbocycles. The highest BCUT2D eigenvalue weighted by Crippen LogP contribution is 2.25. The highest BCUT2D eigenvalue weighted by atomic mass is 16.3. The van der Waals surface area contributed by atoms with Crippen LogP contribution in [0.3, 0.4) is 0 Å². The summed E-state index contributed by atoms with van der Waals surface area (Å²) in [5.41, 5.74) is 3.78. The van der Waals surface area contributed by atoms with Crippen LogP contribution in [-0.4, -0.2) is 64.7 Å². The molecule has 6 heteroatoms. The van der Waals surface area contributed by atoms with Gasteiger partial charge in [0.1, 0.15) is 0 Å². The molecule has 1 fully saturated rings. The van der Waals surface area contributed by atoms with Crippen molar-refractivity contribution >= 4 is 6.03 Å². The Morgan fingerprint density at radius 1 is 1.18 bits per heavy atom. The third-order valence-electron chi connectivity index (χ3n) is 5.75. The fourth-order valence-electron chi connectivity index (χ4n) is 4.19. The number of pyridine rings is 1. The van der Waals surface area contributed by atoms with Crippen molar-refractivity contribution in [2.45, 2.75) is 31.4 Å². The van der Waals surface area contributed by atoms with E-state index in [0.29, 0.717) is 19.0 Å². The number of amides is 2. The topological polar surface area (TPSA) is 68.7 Å². The van der Waals surface area contributed by atoms with Gasteiger partial charge in [-0.2, -0.15) is 0 Å². The van der Waals surface area contributed by atoms with E-state index in [2.05, 4.69) is 39.5 Å². The first-order chi connectivity index (χ1) is 13.7. The summed E-state index contributed by atoms with van der Waals surface area (Å²) in [5, 5.41) is 13.3. The largest absolute Gasteiger partial charge is 0.390 e. The summed E-state index contributed by atoms with van der Waals surface area (Å²) in [6.07, 6.45) is 3.18. The lowest BCUT2D eigenvalue weighted by atomic mass is 10.00. The lowest BCUT2D eigenvalue weighted by Gasteiger charge is -2.30. The maximum Gasteiger partial charge on any atom is 0.317 e. The molecule has 2 amide bonds. The van der Waals surface area contributed by atoms with Crippen molar-refractivity contribution in [3.63, 3.8) is 0 Å². The Hall–Kier alpha value is -2.44. The number of benzene rings is 1. The highest BCUT2D eigenvalue weighted by molar-refractivity contribution is 5.74. The molecule has 1 aromatic heterocycles. The van der Waals surface area contributed by atoms with Gasteiger partial charge in [0.2, 0.25) is 0 Å². The molecule has 1 saturated heterocycles. The van der Waals surface area contributed by atoms with Crippen LogP contribution in [0.5, 0.6) is 0 Å². The molecule has 0 bridgehead atoms. The Morgan fingerprint density at radius 2 is 2.00 bits per heavy atom. The molecular weight excluding hydrogens is 352 g/mol. The quantitative estimate of drug-likeness (QED) is 0.833. The summed E-state index contributed by atoms with van der Waals surface area (Å²) in [4.78, 5) is 20.9. The summed E-state index contributed by atoms with van der Waals surface area (Å²) in [7, 11) is 0. The lowest BCUT2D eigenvalue weighted by Crippen LogP contribution is -2.45. The monoisotopic (exact) mass is 380 g/mol. The predicted octanol–water partition coefficient (Wildman–Crippen LogP) is 2.00.